The molecular weight excluding hydrogens is 497 g/mol. The number of aliphatic hydroxyl groups is 1. The van der Waals surface area contributed by atoms with Crippen molar-refractivity contribution in [2.75, 3.05) is 5.33 Å². The molecule has 0 heterocycles. The van der Waals surface area contributed by atoms with Crippen molar-refractivity contribution in [2.45, 2.75) is 18.5 Å². The predicted octanol–water partition coefficient (Wildman–Crippen LogP) is 7.77. The third-order valence-electron chi connectivity index (χ3n) is 4.26. The van der Waals surface area contributed by atoms with Crippen LogP contribution in [0.25, 0.3) is 21.5 Å². The largest absolute Gasteiger partial charge is 0.417 e. The summed E-state index contributed by atoms with van der Waals surface area (Å²) in [6.07, 6.45) is -11.2. The van der Waals surface area contributed by atoms with Crippen molar-refractivity contribution in [3.05, 3.63) is 57.1 Å². The molecule has 0 saturated heterocycles. The molecule has 0 radical (unpaired) electrons. The van der Waals surface area contributed by atoms with Gasteiger partial charge in [0.25, 0.3) is 0 Å². The fraction of sp³-hybridized carbons (Fsp3) is 0.222. The highest BCUT2D eigenvalue weighted by molar-refractivity contribution is 9.09. The maximum absolute atomic E-state index is 13.6. The summed E-state index contributed by atoms with van der Waals surface area (Å²) in [4.78, 5) is 0. The van der Waals surface area contributed by atoms with E-state index in [-0.39, 0.29) is 43.2 Å². The Bertz CT molecular complexity index is 1080. The fourth-order valence-electron chi connectivity index (χ4n) is 3.06. The Hall–Kier alpha value is -1.22. The molecule has 1 N–H and O–H groups in total. The van der Waals surface area contributed by atoms with Crippen LogP contribution >= 0.6 is 39.1 Å². The standard InChI is InChI=1S/C18H9BrCl2F6O/c19-6-15(28)10-2-7-1-8(17(22,23)24)3-12(18(25,26)27)16(7)11-5-14(21)13(20)4-9(10)11/h1-5,15,28H,6H2/t15-/m0/s1. The van der Waals surface area contributed by atoms with Gasteiger partial charge in [0.1, 0.15) is 0 Å². The van der Waals surface area contributed by atoms with Crippen LogP contribution < -0.4 is 0 Å². The molecule has 0 saturated carbocycles. The molecule has 0 aromatic heterocycles. The molecule has 3 aromatic carbocycles. The van der Waals surface area contributed by atoms with E-state index in [4.69, 9.17) is 23.2 Å². The van der Waals surface area contributed by atoms with Gasteiger partial charge in [-0.3, -0.25) is 0 Å². The first-order valence-corrected chi connectivity index (χ1v) is 9.50. The van der Waals surface area contributed by atoms with Gasteiger partial charge in [0.2, 0.25) is 0 Å². The van der Waals surface area contributed by atoms with Gasteiger partial charge in [-0.2, -0.15) is 26.3 Å². The van der Waals surface area contributed by atoms with Crippen LogP contribution in [-0.2, 0) is 12.4 Å². The number of fused-ring (bicyclic) bond motifs is 3. The minimum absolute atomic E-state index is 0.0128. The highest BCUT2D eigenvalue weighted by atomic mass is 79.9. The maximum atomic E-state index is 13.6. The molecule has 1 nitrogen and oxygen atoms in total. The van der Waals surface area contributed by atoms with E-state index < -0.39 is 35.0 Å². The first-order chi connectivity index (χ1) is 12.8. The van der Waals surface area contributed by atoms with Crippen LogP contribution in [-0.4, -0.2) is 10.4 Å². The van der Waals surface area contributed by atoms with Crippen molar-refractivity contribution in [3.63, 3.8) is 0 Å². The second-order valence-corrected chi connectivity index (χ2v) is 7.53. The zero-order chi connectivity index (χ0) is 21.0. The molecule has 150 valence electrons. The number of halogens is 9. The third-order valence-corrected chi connectivity index (χ3v) is 5.59. The summed E-state index contributed by atoms with van der Waals surface area (Å²) in [5.74, 6) is 0. The Morgan fingerprint density at radius 2 is 1.43 bits per heavy atom. The Kier molecular flexibility index (Phi) is 5.55. The van der Waals surface area contributed by atoms with Gasteiger partial charge in [0.05, 0.1) is 27.3 Å². The lowest BCUT2D eigenvalue weighted by Gasteiger charge is -2.20. The van der Waals surface area contributed by atoms with Crippen LogP contribution in [0.2, 0.25) is 10.0 Å². The van der Waals surface area contributed by atoms with Gasteiger partial charge in [-0.15, -0.1) is 0 Å². The van der Waals surface area contributed by atoms with Crippen LogP contribution in [0.15, 0.2) is 30.3 Å². The van der Waals surface area contributed by atoms with E-state index >= 15 is 0 Å². The second kappa shape index (κ2) is 7.23. The Morgan fingerprint density at radius 3 is 1.93 bits per heavy atom. The van der Waals surface area contributed by atoms with Crippen LogP contribution in [0, 0.1) is 0 Å². The first-order valence-electron chi connectivity index (χ1n) is 7.62. The van der Waals surface area contributed by atoms with Crippen LogP contribution in [0.5, 0.6) is 0 Å². The zero-order valence-electron chi connectivity index (χ0n) is 13.5. The van der Waals surface area contributed by atoms with Gasteiger partial charge in [0, 0.05) is 10.7 Å². The highest BCUT2D eigenvalue weighted by Gasteiger charge is 2.38. The number of hydrogen-bond donors (Lipinski definition) is 1. The van der Waals surface area contributed by atoms with E-state index in [9.17, 15) is 31.4 Å². The SMILES string of the molecule is O[C@@H](CBr)c1cc2cc(C(F)(F)F)cc(C(F)(F)F)c2c2cc(Cl)c(Cl)cc12. The molecule has 0 unspecified atom stereocenters. The summed E-state index contributed by atoms with van der Waals surface area (Å²) >= 11 is 15.0. The third kappa shape index (κ3) is 3.79. The van der Waals surface area contributed by atoms with Crippen molar-refractivity contribution >= 4 is 60.7 Å². The van der Waals surface area contributed by atoms with E-state index in [1.807, 2.05) is 0 Å². The summed E-state index contributed by atoms with van der Waals surface area (Å²) in [7, 11) is 0. The molecule has 28 heavy (non-hydrogen) atoms. The lowest BCUT2D eigenvalue weighted by Crippen LogP contribution is -2.12. The fourth-order valence-corrected chi connectivity index (χ4v) is 3.74. The molecule has 0 fully saturated rings. The van der Waals surface area contributed by atoms with Crippen LogP contribution in [0.4, 0.5) is 26.3 Å². The molecular formula is C18H9BrCl2F6O. The van der Waals surface area contributed by atoms with E-state index in [1.54, 1.807) is 0 Å². The molecule has 0 aliphatic carbocycles. The minimum Gasteiger partial charge on any atom is -0.388 e. The molecule has 3 rings (SSSR count). The minimum atomic E-state index is -5.05. The maximum Gasteiger partial charge on any atom is 0.417 e. The van der Waals surface area contributed by atoms with Crippen molar-refractivity contribution in [1.82, 2.24) is 0 Å². The lowest BCUT2D eigenvalue weighted by atomic mass is 9.90. The molecule has 10 heteroatoms. The van der Waals surface area contributed by atoms with Gasteiger partial charge in [-0.05, 0) is 52.1 Å². The van der Waals surface area contributed by atoms with Crippen molar-refractivity contribution in [3.8, 4) is 0 Å². The van der Waals surface area contributed by atoms with Crippen molar-refractivity contribution < 1.29 is 31.4 Å². The van der Waals surface area contributed by atoms with E-state index in [2.05, 4.69) is 15.9 Å². The van der Waals surface area contributed by atoms with Crippen LogP contribution in [0.3, 0.4) is 0 Å². The lowest BCUT2D eigenvalue weighted by molar-refractivity contribution is -0.142. The van der Waals surface area contributed by atoms with Crippen LogP contribution in [0.1, 0.15) is 22.8 Å². The molecule has 1 atom stereocenters. The number of hydrogen-bond acceptors (Lipinski definition) is 1. The van der Waals surface area contributed by atoms with Gasteiger partial charge < -0.3 is 5.11 Å². The van der Waals surface area contributed by atoms with Crippen molar-refractivity contribution in [2.24, 2.45) is 0 Å². The van der Waals surface area contributed by atoms with E-state index in [0.29, 0.717) is 6.07 Å². The second-order valence-electron chi connectivity index (χ2n) is 6.07. The molecule has 0 bridgehead atoms. The van der Waals surface area contributed by atoms with Gasteiger partial charge in [0.15, 0.2) is 0 Å². The quantitative estimate of drug-likeness (QED) is 0.214. The van der Waals surface area contributed by atoms with E-state index in [0.717, 1.165) is 12.1 Å². The van der Waals surface area contributed by atoms with Gasteiger partial charge in [-0.1, -0.05) is 39.1 Å². The highest BCUT2D eigenvalue weighted by Crippen LogP contribution is 2.45. The normalized spacial score (nSPS) is 14.1. The molecule has 3 aromatic rings. The topological polar surface area (TPSA) is 20.2 Å². The summed E-state index contributed by atoms with van der Waals surface area (Å²) in [6, 6.07) is 4.26. The summed E-state index contributed by atoms with van der Waals surface area (Å²) in [5, 5.41) is 9.58. The average molecular weight is 506 g/mol. The molecule has 0 spiro atoms. The van der Waals surface area contributed by atoms with E-state index in [1.165, 1.54) is 6.07 Å². The Labute approximate surface area is 173 Å². The summed E-state index contributed by atoms with van der Waals surface area (Å²) in [6.45, 7) is 0. The molecule has 0 aliphatic rings. The van der Waals surface area contributed by atoms with Gasteiger partial charge >= 0.3 is 12.4 Å². The average Bonchev–Trinajstić information content (AvgIpc) is 2.59. The molecule has 0 amide bonds. The Balaban J connectivity index is 2.60. The predicted molar refractivity (Wildman–Crippen MR) is 100 cm³/mol. The summed E-state index contributed by atoms with van der Waals surface area (Å²) in [5.41, 5.74) is -2.75. The number of aliphatic hydroxyl groups excluding tert-OH is 1. The number of benzene rings is 3. The Morgan fingerprint density at radius 1 is 0.857 bits per heavy atom. The molecule has 0 aliphatic heterocycles. The summed E-state index contributed by atoms with van der Waals surface area (Å²) < 4.78 is 80.4. The monoisotopic (exact) mass is 504 g/mol. The van der Waals surface area contributed by atoms with Gasteiger partial charge in [-0.25, -0.2) is 0 Å². The number of rotatable bonds is 2. The smallest absolute Gasteiger partial charge is 0.388 e. The zero-order valence-corrected chi connectivity index (χ0v) is 16.6. The van der Waals surface area contributed by atoms with Crippen molar-refractivity contribution in [1.29, 1.82) is 0 Å². The first kappa shape index (κ1) is 21.5. The number of alkyl halides is 7.